The summed E-state index contributed by atoms with van der Waals surface area (Å²) < 4.78 is 21.1. The first-order valence-corrected chi connectivity index (χ1v) is 8.94. The third-order valence-corrected chi connectivity index (χ3v) is 4.23. The van der Waals surface area contributed by atoms with Gasteiger partial charge in [0, 0.05) is 6.92 Å². The fourth-order valence-corrected chi connectivity index (χ4v) is 2.88. The topological polar surface area (TPSA) is 108 Å². The van der Waals surface area contributed by atoms with Gasteiger partial charge < -0.3 is 24.1 Å². The predicted molar refractivity (Wildman–Crippen MR) is 98.8 cm³/mol. The maximum atomic E-state index is 12.4. The molecule has 3 rings (SSSR count). The SMILES string of the molecule is CC(=O)O[C@H]1C(O)O[C@H](COC(=O)c2ccccc2)C1OC(=O)c1ccccc1. The van der Waals surface area contributed by atoms with E-state index in [1.54, 1.807) is 60.7 Å². The summed E-state index contributed by atoms with van der Waals surface area (Å²) in [5, 5.41) is 10.1. The summed E-state index contributed by atoms with van der Waals surface area (Å²) in [7, 11) is 0. The number of rotatable bonds is 6. The average Bonchev–Trinajstić information content (AvgIpc) is 3.01. The van der Waals surface area contributed by atoms with Gasteiger partial charge >= 0.3 is 17.9 Å². The Morgan fingerprint density at radius 3 is 1.97 bits per heavy atom. The number of benzene rings is 2. The largest absolute Gasteiger partial charge is 0.459 e. The number of carbonyl (C=O) groups is 3. The molecule has 2 aromatic rings. The first kappa shape index (κ1) is 20.5. The zero-order chi connectivity index (χ0) is 20.8. The summed E-state index contributed by atoms with van der Waals surface area (Å²) in [5.74, 6) is -1.97. The average molecular weight is 400 g/mol. The zero-order valence-electron chi connectivity index (χ0n) is 15.6. The molecule has 2 aromatic carbocycles. The molecule has 0 saturated carbocycles. The summed E-state index contributed by atoms with van der Waals surface area (Å²) in [5.41, 5.74) is 0.607. The molecule has 0 radical (unpaired) electrons. The molecule has 1 aliphatic heterocycles. The van der Waals surface area contributed by atoms with Gasteiger partial charge in [0.25, 0.3) is 0 Å². The van der Waals surface area contributed by atoms with Crippen LogP contribution in [0.1, 0.15) is 27.6 Å². The highest BCUT2D eigenvalue weighted by molar-refractivity contribution is 5.90. The lowest BCUT2D eigenvalue weighted by atomic mass is 10.1. The van der Waals surface area contributed by atoms with Crippen molar-refractivity contribution in [3.8, 4) is 0 Å². The molecular formula is C21H20O8. The molecule has 1 saturated heterocycles. The molecule has 1 N–H and O–H groups in total. The van der Waals surface area contributed by atoms with E-state index in [1.807, 2.05) is 0 Å². The van der Waals surface area contributed by atoms with Gasteiger partial charge in [0.1, 0.15) is 12.7 Å². The van der Waals surface area contributed by atoms with E-state index < -0.39 is 42.5 Å². The van der Waals surface area contributed by atoms with Crippen LogP contribution in [0.2, 0.25) is 0 Å². The van der Waals surface area contributed by atoms with Crippen molar-refractivity contribution in [1.29, 1.82) is 0 Å². The zero-order valence-corrected chi connectivity index (χ0v) is 15.6. The highest BCUT2D eigenvalue weighted by Gasteiger charge is 2.49. The van der Waals surface area contributed by atoms with Crippen LogP contribution in [0.3, 0.4) is 0 Å². The standard InChI is InChI=1S/C21H20O8/c1-13(22)27-18-17(29-20(24)15-10-6-3-7-11-15)16(28-21(18)25)12-26-19(23)14-8-4-2-5-9-14/h2-11,16-18,21,25H,12H2,1H3/t16-,17?,18-,21?/m1/s1. The third kappa shape index (κ3) is 5.18. The number of aliphatic hydroxyl groups excluding tert-OH is 1. The summed E-state index contributed by atoms with van der Waals surface area (Å²) in [6, 6.07) is 16.5. The van der Waals surface area contributed by atoms with Crippen molar-refractivity contribution in [2.45, 2.75) is 31.5 Å². The number of aliphatic hydroxyl groups is 1. The molecule has 29 heavy (non-hydrogen) atoms. The smallest absolute Gasteiger partial charge is 0.338 e. The minimum absolute atomic E-state index is 0.274. The Morgan fingerprint density at radius 2 is 1.41 bits per heavy atom. The van der Waals surface area contributed by atoms with Crippen LogP contribution >= 0.6 is 0 Å². The van der Waals surface area contributed by atoms with Crippen LogP contribution in [-0.2, 0) is 23.7 Å². The number of ether oxygens (including phenoxy) is 4. The van der Waals surface area contributed by atoms with E-state index >= 15 is 0 Å². The van der Waals surface area contributed by atoms with Crippen molar-refractivity contribution >= 4 is 17.9 Å². The Bertz CT molecular complexity index is 851. The van der Waals surface area contributed by atoms with Crippen LogP contribution in [0, 0.1) is 0 Å². The van der Waals surface area contributed by atoms with Crippen molar-refractivity contribution < 1.29 is 38.4 Å². The highest BCUT2D eigenvalue weighted by atomic mass is 16.7. The van der Waals surface area contributed by atoms with E-state index in [4.69, 9.17) is 18.9 Å². The van der Waals surface area contributed by atoms with Crippen LogP contribution in [0.25, 0.3) is 0 Å². The third-order valence-electron chi connectivity index (χ3n) is 4.23. The summed E-state index contributed by atoms with van der Waals surface area (Å²) in [6.07, 6.45) is -4.96. The van der Waals surface area contributed by atoms with Crippen molar-refractivity contribution in [2.75, 3.05) is 6.61 Å². The van der Waals surface area contributed by atoms with Crippen molar-refractivity contribution in [1.82, 2.24) is 0 Å². The molecule has 8 heteroatoms. The fourth-order valence-electron chi connectivity index (χ4n) is 2.88. The molecule has 1 heterocycles. The molecule has 2 unspecified atom stereocenters. The van der Waals surface area contributed by atoms with Gasteiger partial charge in [0.2, 0.25) is 0 Å². The maximum Gasteiger partial charge on any atom is 0.338 e. The molecule has 1 aliphatic rings. The molecular weight excluding hydrogens is 380 g/mol. The molecule has 0 aromatic heterocycles. The van der Waals surface area contributed by atoms with Crippen LogP contribution in [0.4, 0.5) is 0 Å². The number of carbonyl (C=O) groups excluding carboxylic acids is 3. The number of hydrogen-bond acceptors (Lipinski definition) is 8. The van der Waals surface area contributed by atoms with Crippen molar-refractivity contribution in [2.24, 2.45) is 0 Å². The van der Waals surface area contributed by atoms with Crippen molar-refractivity contribution in [3.05, 3.63) is 71.8 Å². The lowest BCUT2D eigenvalue weighted by Crippen LogP contribution is -2.41. The van der Waals surface area contributed by atoms with E-state index in [1.165, 1.54) is 0 Å². The van der Waals surface area contributed by atoms with Gasteiger partial charge in [-0.05, 0) is 24.3 Å². The molecule has 4 atom stereocenters. The van der Waals surface area contributed by atoms with Crippen LogP contribution in [0.15, 0.2) is 60.7 Å². The normalized spacial score (nSPS) is 23.2. The summed E-state index contributed by atoms with van der Waals surface area (Å²) in [4.78, 5) is 36.0. The summed E-state index contributed by atoms with van der Waals surface area (Å²) in [6.45, 7) is 0.848. The number of hydrogen-bond donors (Lipinski definition) is 1. The quantitative estimate of drug-likeness (QED) is 0.577. The Balaban J connectivity index is 1.72. The molecule has 1 fully saturated rings. The van der Waals surface area contributed by atoms with Crippen LogP contribution in [0.5, 0.6) is 0 Å². The summed E-state index contributed by atoms with van der Waals surface area (Å²) >= 11 is 0. The van der Waals surface area contributed by atoms with Gasteiger partial charge in [-0.3, -0.25) is 4.79 Å². The second-order valence-corrected chi connectivity index (χ2v) is 6.34. The molecule has 0 bridgehead atoms. The minimum Gasteiger partial charge on any atom is -0.459 e. The monoisotopic (exact) mass is 400 g/mol. The van der Waals surface area contributed by atoms with Gasteiger partial charge in [-0.2, -0.15) is 0 Å². The minimum atomic E-state index is -1.53. The molecule has 152 valence electrons. The van der Waals surface area contributed by atoms with Gasteiger partial charge in [0.05, 0.1) is 11.1 Å². The lowest BCUT2D eigenvalue weighted by molar-refractivity contribution is -0.170. The van der Waals surface area contributed by atoms with Gasteiger partial charge in [-0.15, -0.1) is 0 Å². The second kappa shape index (κ2) is 9.31. The number of esters is 3. The first-order valence-electron chi connectivity index (χ1n) is 8.94. The van der Waals surface area contributed by atoms with E-state index in [2.05, 4.69) is 0 Å². The highest BCUT2D eigenvalue weighted by Crippen LogP contribution is 2.27. The van der Waals surface area contributed by atoms with E-state index in [0.717, 1.165) is 6.92 Å². The molecule has 0 spiro atoms. The van der Waals surface area contributed by atoms with Crippen molar-refractivity contribution in [3.63, 3.8) is 0 Å². The van der Waals surface area contributed by atoms with Crippen LogP contribution < -0.4 is 0 Å². The van der Waals surface area contributed by atoms with Gasteiger partial charge in [-0.25, -0.2) is 9.59 Å². The molecule has 0 amide bonds. The first-order chi connectivity index (χ1) is 14.0. The van der Waals surface area contributed by atoms with Gasteiger partial charge in [0.15, 0.2) is 18.5 Å². The predicted octanol–water partition coefficient (Wildman–Crippen LogP) is 1.72. The maximum absolute atomic E-state index is 12.4. The Labute approximate surface area is 167 Å². The molecule has 0 aliphatic carbocycles. The van der Waals surface area contributed by atoms with E-state index in [9.17, 15) is 19.5 Å². The van der Waals surface area contributed by atoms with Gasteiger partial charge in [-0.1, -0.05) is 36.4 Å². The lowest BCUT2D eigenvalue weighted by Gasteiger charge is -2.22. The van der Waals surface area contributed by atoms with E-state index in [-0.39, 0.29) is 12.2 Å². The Hall–Kier alpha value is -3.23. The second-order valence-electron chi connectivity index (χ2n) is 6.34. The van der Waals surface area contributed by atoms with E-state index in [0.29, 0.717) is 5.56 Å². The molecule has 8 nitrogen and oxygen atoms in total. The fraction of sp³-hybridized carbons (Fsp3) is 0.286. The van der Waals surface area contributed by atoms with Crippen LogP contribution in [-0.4, -0.2) is 54.2 Å². The Morgan fingerprint density at radius 1 is 0.862 bits per heavy atom. The Kier molecular flexibility index (Phi) is 6.58.